The number of aromatic nitrogens is 2. The molecule has 0 spiro atoms. The van der Waals surface area contributed by atoms with Crippen molar-refractivity contribution < 1.29 is 9.53 Å². The number of amides is 1. The maximum Gasteiger partial charge on any atom is 0.295 e. The first-order chi connectivity index (χ1) is 12.0. The van der Waals surface area contributed by atoms with Gasteiger partial charge in [0.15, 0.2) is 4.34 Å². The number of carbonyl (C=O) groups excluding carboxylic acids is 1. The average molecular weight is 381 g/mol. The number of thioether (sulfide) groups is 1. The lowest BCUT2D eigenvalue weighted by molar-refractivity contribution is -0.118. The first-order valence-corrected chi connectivity index (χ1v) is 10.0. The summed E-state index contributed by atoms with van der Waals surface area (Å²) in [6.45, 7) is 5.44. The highest BCUT2D eigenvalue weighted by Gasteiger charge is 2.09. The van der Waals surface area contributed by atoms with Crippen molar-refractivity contribution in [3.63, 3.8) is 0 Å². The Balaban J connectivity index is 1.60. The van der Waals surface area contributed by atoms with E-state index >= 15 is 0 Å². The molecular weight excluding hydrogens is 356 g/mol. The smallest absolute Gasteiger partial charge is 0.295 e. The number of carbonyl (C=O) groups is 1. The Hall–Kier alpha value is -1.80. The number of nitrogens with zero attached hydrogens (tertiary/aromatic N) is 3. The lowest BCUT2D eigenvalue weighted by Gasteiger charge is -2.19. The number of hydrogen-bond acceptors (Lipinski definition) is 7. The molecular formula is C17H24N4O2S2. The number of hydrogen-bond donors (Lipinski definition) is 1. The molecule has 2 rings (SSSR count). The van der Waals surface area contributed by atoms with Crippen molar-refractivity contribution in [1.29, 1.82) is 0 Å². The Morgan fingerprint density at radius 3 is 2.80 bits per heavy atom. The molecule has 1 amide bonds. The maximum absolute atomic E-state index is 11.9. The minimum absolute atomic E-state index is 0.00823. The molecule has 1 heterocycles. The van der Waals surface area contributed by atoms with E-state index in [1.54, 1.807) is 0 Å². The highest BCUT2D eigenvalue weighted by atomic mass is 32.2. The second kappa shape index (κ2) is 10.2. The molecule has 2 aromatic rings. The fraction of sp³-hybridized carbons (Fsp3) is 0.471. The highest BCUT2D eigenvalue weighted by molar-refractivity contribution is 8.01. The minimum Gasteiger partial charge on any atom is -0.466 e. The Kier molecular flexibility index (Phi) is 8.00. The fourth-order valence-corrected chi connectivity index (χ4v) is 3.67. The van der Waals surface area contributed by atoms with Crippen LogP contribution in [0.15, 0.2) is 34.7 Å². The van der Waals surface area contributed by atoms with E-state index in [2.05, 4.69) is 39.6 Å². The van der Waals surface area contributed by atoms with Gasteiger partial charge in [0.1, 0.15) is 0 Å². The van der Waals surface area contributed by atoms with Gasteiger partial charge in [0.2, 0.25) is 5.91 Å². The van der Waals surface area contributed by atoms with Gasteiger partial charge in [0.25, 0.3) is 5.19 Å². The molecule has 8 heteroatoms. The van der Waals surface area contributed by atoms with Crippen LogP contribution in [0.4, 0.5) is 5.69 Å². The topological polar surface area (TPSA) is 67.3 Å². The summed E-state index contributed by atoms with van der Waals surface area (Å²) in [5.74, 6) is 0.346. The van der Waals surface area contributed by atoms with E-state index in [0.717, 1.165) is 17.3 Å². The zero-order valence-electron chi connectivity index (χ0n) is 14.8. The van der Waals surface area contributed by atoms with E-state index in [-0.39, 0.29) is 12.0 Å². The molecule has 0 unspecified atom stereocenters. The number of ether oxygens (including phenoxy) is 1. The van der Waals surface area contributed by atoms with E-state index < -0.39 is 0 Å². The second-order valence-corrected chi connectivity index (χ2v) is 7.91. The quantitative estimate of drug-likeness (QED) is 0.505. The summed E-state index contributed by atoms with van der Waals surface area (Å²) in [6.07, 6.45) is 0.968. The summed E-state index contributed by atoms with van der Waals surface area (Å²) in [4.78, 5) is 14.1. The van der Waals surface area contributed by atoms with E-state index in [1.807, 2.05) is 32.0 Å². The van der Waals surface area contributed by atoms with Crippen molar-refractivity contribution in [3.05, 3.63) is 30.3 Å². The molecule has 0 saturated carbocycles. The molecule has 1 N–H and O–H groups in total. The summed E-state index contributed by atoms with van der Waals surface area (Å²) in [7, 11) is 2.05. The second-order valence-electron chi connectivity index (χ2n) is 5.75. The monoisotopic (exact) mass is 380 g/mol. The van der Waals surface area contributed by atoms with Crippen molar-refractivity contribution >= 4 is 34.7 Å². The van der Waals surface area contributed by atoms with Gasteiger partial charge in [-0.1, -0.05) is 35.1 Å². The van der Waals surface area contributed by atoms with Crippen LogP contribution >= 0.6 is 23.1 Å². The lowest BCUT2D eigenvalue weighted by atomic mass is 10.3. The van der Waals surface area contributed by atoms with Gasteiger partial charge in [-0.25, -0.2) is 0 Å². The molecule has 25 heavy (non-hydrogen) atoms. The Bertz CT molecular complexity index is 649. The largest absolute Gasteiger partial charge is 0.466 e. The van der Waals surface area contributed by atoms with Gasteiger partial charge in [0, 0.05) is 25.8 Å². The molecule has 1 aromatic heterocycles. The van der Waals surface area contributed by atoms with Gasteiger partial charge < -0.3 is 15.0 Å². The fourth-order valence-electron chi connectivity index (χ4n) is 2.04. The van der Waals surface area contributed by atoms with Crippen molar-refractivity contribution in [1.82, 2.24) is 15.5 Å². The standard InChI is InChI=1S/C17H24N4O2S2/c1-13(2)23-16-19-20-17(25-16)24-12-15(22)18-10-7-11-21(3)14-8-5-4-6-9-14/h4-6,8-9,13H,7,10-12H2,1-3H3,(H,18,22). The normalized spacial score (nSPS) is 10.7. The molecule has 0 bridgehead atoms. The predicted molar refractivity (Wildman–Crippen MR) is 104 cm³/mol. The molecule has 0 fully saturated rings. The van der Waals surface area contributed by atoms with Gasteiger partial charge in [-0.05, 0) is 43.7 Å². The molecule has 1 aromatic carbocycles. The van der Waals surface area contributed by atoms with Crippen molar-refractivity contribution in [2.24, 2.45) is 0 Å². The lowest BCUT2D eigenvalue weighted by Crippen LogP contribution is -2.29. The molecule has 0 aliphatic rings. The summed E-state index contributed by atoms with van der Waals surface area (Å²) in [5.41, 5.74) is 1.18. The molecule has 0 atom stereocenters. The van der Waals surface area contributed by atoms with E-state index in [4.69, 9.17) is 4.74 Å². The average Bonchev–Trinajstić information content (AvgIpc) is 3.04. The first kappa shape index (κ1) is 19.5. The Morgan fingerprint density at radius 2 is 2.08 bits per heavy atom. The summed E-state index contributed by atoms with van der Waals surface area (Å²) in [5, 5.41) is 11.4. The number of benzene rings is 1. The van der Waals surface area contributed by atoms with Crippen LogP contribution < -0.4 is 15.0 Å². The van der Waals surface area contributed by atoms with Crippen LogP contribution in [0.25, 0.3) is 0 Å². The molecule has 0 aliphatic heterocycles. The number of anilines is 1. The van der Waals surface area contributed by atoms with Gasteiger partial charge >= 0.3 is 0 Å². The molecule has 0 radical (unpaired) electrons. The Labute approximate surface area is 157 Å². The first-order valence-electron chi connectivity index (χ1n) is 8.20. The minimum atomic E-state index is 0.00823. The SMILES string of the molecule is CC(C)Oc1nnc(SCC(=O)NCCCN(C)c2ccccc2)s1. The molecule has 0 aliphatic carbocycles. The third-order valence-corrected chi connectivity index (χ3v) is 5.19. The summed E-state index contributed by atoms with van der Waals surface area (Å²) < 4.78 is 6.21. The van der Waals surface area contributed by atoms with Crippen molar-refractivity contribution in [2.45, 2.75) is 30.7 Å². The third kappa shape index (κ3) is 7.31. The van der Waals surface area contributed by atoms with Crippen molar-refractivity contribution in [3.8, 4) is 5.19 Å². The number of rotatable bonds is 10. The zero-order chi connectivity index (χ0) is 18.1. The predicted octanol–water partition coefficient (Wildman–Crippen LogP) is 3.06. The zero-order valence-corrected chi connectivity index (χ0v) is 16.4. The van der Waals surface area contributed by atoms with Crippen LogP contribution in [-0.4, -0.2) is 48.1 Å². The van der Waals surface area contributed by atoms with E-state index in [9.17, 15) is 4.79 Å². The highest BCUT2D eigenvalue weighted by Crippen LogP contribution is 2.27. The van der Waals surface area contributed by atoms with Crippen LogP contribution in [0.5, 0.6) is 5.19 Å². The van der Waals surface area contributed by atoms with Crippen LogP contribution in [-0.2, 0) is 4.79 Å². The molecule has 0 saturated heterocycles. The van der Waals surface area contributed by atoms with Crippen molar-refractivity contribution in [2.75, 3.05) is 30.8 Å². The molecule has 6 nitrogen and oxygen atoms in total. The van der Waals surface area contributed by atoms with Crippen LogP contribution in [0.3, 0.4) is 0 Å². The molecule has 136 valence electrons. The van der Waals surface area contributed by atoms with E-state index in [1.165, 1.54) is 28.8 Å². The third-order valence-electron chi connectivity index (χ3n) is 3.24. The van der Waals surface area contributed by atoms with Crippen LogP contribution in [0.1, 0.15) is 20.3 Å². The number of para-hydroxylation sites is 1. The van der Waals surface area contributed by atoms with Gasteiger partial charge in [0.05, 0.1) is 11.9 Å². The van der Waals surface area contributed by atoms with Gasteiger partial charge in [-0.2, -0.15) is 0 Å². The van der Waals surface area contributed by atoms with Crippen LogP contribution in [0.2, 0.25) is 0 Å². The van der Waals surface area contributed by atoms with E-state index in [0.29, 0.717) is 17.5 Å². The Morgan fingerprint density at radius 1 is 1.32 bits per heavy atom. The summed E-state index contributed by atoms with van der Waals surface area (Å²) in [6, 6.07) is 10.2. The summed E-state index contributed by atoms with van der Waals surface area (Å²) >= 11 is 2.75. The van der Waals surface area contributed by atoms with Crippen LogP contribution in [0, 0.1) is 0 Å². The van der Waals surface area contributed by atoms with Gasteiger partial charge in [-0.3, -0.25) is 4.79 Å². The number of nitrogens with one attached hydrogen (secondary N) is 1. The van der Waals surface area contributed by atoms with Gasteiger partial charge in [-0.15, -0.1) is 5.10 Å². The maximum atomic E-state index is 11.9.